The van der Waals surface area contributed by atoms with Crippen LogP contribution in [0, 0.1) is 9.49 Å². The third-order valence-electron chi connectivity index (χ3n) is 4.77. The minimum absolute atomic E-state index is 0.312. The summed E-state index contributed by atoms with van der Waals surface area (Å²) in [6.07, 6.45) is 4.01. The van der Waals surface area contributed by atoms with Crippen LogP contribution in [0.3, 0.4) is 0 Å². The second kappa shape index (κ2) is 5.24. The van der Waals surface area contributed by atoms with Gasteiger partial charge in [-0.3, -0.25) is 0 Å². The van der Waals surface area contributed by atoms with Gasteiger partial charge in [0.25, 0.3) is 0 Å². The van der Waals surface area contributed by atoms with Crippen molar-refractivity contribution in [3.8, 4) is 0 Å². The van der Waals surface area contributed by atoms with Gasteiger partial charge < -0.3 is 10.2 Å². The topological polar surface area (TPSA) is 15.3 Å². The van der Waals surface area contributed by atoms with Crippen LogP contribution in [0.2, 0.25) is 0 Å². The van der Waals surface area contributed by atoms with Gasteiger partial charge in [-0.05, 0) is 72.9 Å². The fraction of sp³-hybridized carbons (Fsp3) is 0.625. The molecular weight excluding hydrogens is 347 g/mol. The number of piperazine rings is 1. The summed E-state index contributed by atoms with van der Waals surface area (Å²) in [4.78, 5) is 2.64. The van der Waals surface area contributed by atoms with Gasteiger partial charge in [0.2, 0.25) is 0 Å². The van der Waals surface area contributed by atoms with Gasteiger partial charge >= 0.3 is 0 Å². The number of nitrogens with zero attached hydrogens (tertiary/aromatic N) is 1. The molecule has 0 aromatic heterocycles. The van der Waals surface area contributed by atoms with E-state index in [9.17, 15) is 0 Å². The molecule has 1 saturated heterocycles. The Kier molecular flexibility index (Phi) is 3.78. The average molecular weight is 370 g/mol. The first-order chi connectivity index (χ1) is 9.12. The molecule has 19 heavy (non-hydrogen) atoms. The molecule has 1 aliphatic carbocycles. The first-order valence-electron chi connectivity index (χ1n) is 7.39. The lowest BCUT2D eigenvalue weighted by Crippen LogP contribution is -2.64. The molecule has 2 fully saturated rings. The summed E-state index contributed by atoms with van der Waals surface area (Å²) in [7, 11) is 0. The van der Waals surface area contributed by atoms with E-state index >= 15 is 0 Å². The molecule has 2 atom stereocenters. The van der Waals surface area contributed by atoms with Crippen molar-refractivity contribution in [2.24, 2.45) is 5.92 Å². The summed E-state index contributed by atoms with van der Waals surface area (Å²) in [6, 6.07) is 9.57. The van der Waals surface area contributed by atoms with Crippen LogP contribution in [0.4, 0.5) is 5.69 Å². The van der Waals surface area contributed by atoms with Gasteiger partial charge in [-0.25, -0.2) is 0 Å². The van der Waals surface area contributed by atoms with E-state index in [-0.39, 0.29) is 0 Å². The number of rotatable bonds is 3. The molecule has 2 aliphatic rings. The van der Waals surface area contributed by atoms with Crippen LogP contribution >= 0.6 is 22.6 Å². The van der Waals surface area contributed by atoms with Crippen molar-refractivity contribution in [3.05, 3.63) is 27.8 Å². The van der Waals surface area contributed by atoms with Crippen molar-refractivity contribution in [1.82, 2.24) is 5.32 Å². The van der Waals surface area contributed by atoms with Crippen LogP contribution in [0.5, 0.6) is 0 Å². The van der Waals surface area contributed by atoms with E-state index < -0.39 is 0 Å². The zero-order chi connectivity index (χ0) is 13.5. The molecule has 0 spiro atoms. The summed E-state index contributed by atoms with van der Waals surface area (Å²) < 4.78 is 1.33. The van der Waals surface area contributed by atoms with Crippen LogP contribution in [-0.4, -0.2) is 24.7 Å². The Labute approximate surface area is 130 Å². The van der Waals surface area contributed by atoms with Gasteiger partial charge in [-0.2, -0.15) is 0 Å². The van der Waals surface area contributed by atoms with Crippen molar-refractivity contribution in [1.29, 1.82) is 0 Å². The standard InChI is InChI=1S/C16H23IN2/c1-3-14-10-18-16(2,12-7-8-12)11-19(14)15-6-4-5-13(17)9-15/h4-6,9,12,14,18H,3,7-8,10-11H2,1-2H3. The molecule has 1 aromatic rings. The highest BCUT2D eigenvalue weighted by atomic mass is 127. The van der Waals surface area contributed by atoms with Crippen LogP contribution in [-0.2, 0) is 0 Å². The highest BCUT2D eigenvalue weighted by Crippen LogP contribution is 2.42. The van der Waals surface area contributed by atoms with Crippen molar-refractivity contribution >= 4 is 28.3 Å². The number of hydrogen-bond donors (Lipinski definition) is 1. The highest BCUT2D eigenvalue weighted by molar-refractivity contribution is 14.1. The first kappa shape index (κ1) is 13.7. The lowest BCUT2D eigenvalue weighted by molar-refractivity contribution is 0.252. The lowest BCUT2D eigenvalue weighted by Gasteiger charge is -2.47. The number of halogens is 1. The molecule has 1 saturated carbocycles. The minimum atomic E-state index is 0.312. The summed E-state index contributed by atoms with van der Waals surface area (Å²) in [5.41, 5.74) is 1.71. The van der Waals surface area contributed by atoms with E-state index in [1.807, 2.05) is 0 Å². The van der Waals surface area contributed by atoms with Crippen LogP contribution in [0.25, 0.3) is 0 Å². The Morgan fingerprint density at radius 2 is 2.21 bits per heavy atom. The average Bonchev–Trinajstić information content (AvgIpc) is 3.23. The highest BCUT2D eigenvalue weighted by Gasteiger charge is 2.45. The van der Waals surface area contributed by atoms with E-state index in [2.05, 4.69) is 70.9 Å². The summed E-state index contributed by atoms with van der Waals surface area (Å²) in [6.45, 7) is 6.98. The van der Waals surface area contributed by atoms with E-state index in [0.29, 0.717) is 11.6 Å². The van der Waals surface area contributed by atoms with Gasteiger partial charge in [0.1, 0.15) is 0 Å². The Morgan fingerprint density at radius 3 is 2.84 bits per heavy atom. The third-order valence-corrected chi connectivity index (χ3v) is 5.44. The van der Waals surface area contributed by atoms with Crippen molar-refractivity contribution < 1.29 is 0 Å². The zero-order valence-corrected chi connectivity index (χ0v) is 14.0. The number of hydrogen-bond acceptors (Lipinski definition) is 2. The van der Waals surface area contributed by atoms with Gasteiger partial charge in [0.05, 0.1) is 0 Å². The largest absolute Gasteiger partial charge is 0.365 e. The van der Waals surface area contributed by atoms with Gasteiger partial charge in [-0.1, -0.05) is 13.0 Å². The number of nitrogens with one attached hydrogen (secondary N) is 1. The molecule has 1 aromatic carbocycles. The maximum Gasteiger partial charge on any atom is 0.0412 e. The van der Waals surface area contributed by atoms with Crippen LogP contribution < -0.4 is 10.2 Å². The maximum atomic E-state index is 3.83. The molecular formula is C16H23IN2. The quantitative estimate of drug-likeness (QED) is 0.818. The molecule has 2 unspecified atom stereocenters. The zero-order valence-electron chi connectivity index (χ0n) is 11.8. The molecule has 3 rings (SSSR count). The van der Waals surface area contributed by atoms with E-state index in [0.717, 1.165) is 19.0 Å². The van der Waals surface area contributed by atoms with Gasteiger partial charge in [0.15, 0.2) is 0 Å². The number of anilines is 1. The van der Waals surface area contributed by atoms with Gasteiger partial charge in [-0.15, -0.1) is 0 Å². The molecule has 1 N–H and O–H groups in total. The second-order valence-corrected chi connectivity index (χ2v) is 7.49. The maximum absolute atomic E-state index is 3.83. The van der Waals surface area contributed by atoms with E-state index in [1.165, 1.54) is 28.5 Å². The molecule has 0 amide bonds. The summed E-state index contributed by atoms with van der Waals surface area (Å²) >= 11 is 2.41. The molecule has 3 heteroatoms. The van der Waals surface area contributed by atoms with Crippen LogP contribution in [0.1, 0.15) is 33.1 Å². The van der Waals surface area contributed by atoms with Crippen molar-refractivity contribution in [2.45, 2.75) is 44.7 Å². The van der Waals surface area contributed by atoms with E-state index in [4.69, 9.17) is 0 Å². The van der Waals surface area contributed by atoms with Gasteiger partial charge in [0, 0.05) is 33.9 Å². The molecule has 0 bridgehead atoms. The Balaban J connectivity index is 1.86. The second-order valence-electron chi connectivity index (χ2n) is 6.24. The van der Waals surface area contributed by atoms with E-state index in [1.54, 1.807) is 0 Å². The van der Waals surface area contributed by atoms with Crippen molar-refractivity contribution in [2.75, 3.05) is 18.0 Å². The molecule has 0 radical (unpaired) electrons. The smallest absolute Gasteiger partial charge is 0.0412 e. The Hall–Kier alpha value is -0.290. The molecule has 2 nitrogen and oxygen atoms in total. The Bertz CT molecular complexity index is 458. The fourth-order valence-electron chi connectivity index (χ4n) is 3.32. The third kappa shape index (κ3) is 2.77. The predicted octanol–water partition coefficient (Wildman–Crippen LogP) is 3.65. The predicted molar refractivity (Wildman–Crippen MR) is 89.7 cm³/mol. The fourth-order valence-corrected chi connectivity index (χ4v) is 3.84. The summed E-state index contributed by atoms with van der Waals surface area (Å²) in [5, 5.41) is 3.83. The molecule has 104 valence electrons. The minimum Gasteiger partial charge on any atom is -0.365 e. The monoisotopic (exact) mass is 370 g/mol. The molecule has 1 heterocycles. The summed E-state index contributed by atoms with van der Waals surface area (Å²) in [5.74, 6) is 0.885. The normalized spacial score (nSPS) is 31.5. The SMILES string of the molecule is CCC1CNC(C)(C2CC2)CN1c1cccc(I)c1. The lowest BCUT2D eigenvalue weighted by atomic mass is 9.90. The molecule has 1 aliphatic heterocycles. The first-order valence-corrected chi connectivity index (χ1v) is 8.47. The Morgan fingerprint density at radius 1 is 1.42 bits per heavy atom. The number of benzene rings is 1. The van der Waals surface area contributed by atoms with Crippen molar-refractivity contribution in [3.63, 3.8) is 0 Å². The van der Waals surface area contributed by atoms with Crippen LogP contribution in [0.15, 0.2) is 24.3 Å².